The molecule has 0 aliphatic carbocycles. The molecule has 0 spiro atoms. The van der Waals surface area contributed by atoms with Crippen molar-refractivity contribution < 1.29 is 8.78 Å². The topological polar surface area (TPSA) is 4.93 Å². The van der Waals surface area contributed by atoms with E-state index in [-0.39, 0.29) is 0 Å². The zero-order chi connectivity index (χ0) is 16.1. The molecule has 0 aliphatic rings. The van der Waals surface area contributed by atoms with Gasteiger partial charge in [-0.25, -0.2) is 8.78 Å². The lowest BCUT2D eigenvalue weighted by Crippen LogP contribution is -1.96. The minimum absolute atomic E-state index is 0.622. The Bertz CT molecular complexity index is 1000. The Hall–Kier alpha value is -2.68. The number of aryl methyl sites for hydroxylation is 2. The molecule has 0 atom stereocenters. The maximum Gasteiger partial charge on any atom is 0.160 e. The number of hydrogen-bond donors (Lipinski definition) is 0. The molecule has 114 valence electrons. The standard InChI is InChI=1S/C20H15F2N/c1-12-3-7-19-15(9-12)16-10-13(2)4-8-20(16)23(19)14-5-6-17(21)18(22)11-14/h3-11H,1-2H3. The van der Waals surface area contributed by atoms with Crippen LogP contribution in [-0.4, -0.2) is 4.57 Å². The second kappa shape index (κ2) is 4.92. The number of aromatic nitrogens is 1. The summed E-state index contributed by atoms with van der Waals surface area (Å²) < 4.78 is 29.0. The normalized spacial score (nSPS) is 11.5. The lowest BCUT2D eigenvalue weighted by atomic mass is 10.1. The molecule has 0 aliphatic heterocycles. The van der Waals surface area contributed by atoms with Crippen LogP contribution in [0, 0.1) is 25.5 Å². The van der Waals surface area contributed by atoms with Crippen LogP contribution in [0.3, 0.4) is 0 Å². The molecular formula is C20H15F2N. The average molecular weight is 307 g/mol. The van der Waals surface area contributed by atoms with E-state index in [4.69, 9.17) is 0 Å². The molecule has 0 radical (unpaired) electrons. The van der Waals surface area contributed by atoms with Gasteiger partial charge in [-0.3, -0.25) is 0 Å². The van der Waals surface area contributed by atoms with Crippen molar-refractivity contribution in [1.82, 2.24) is 4.57 Å². The van der Waals surface area contributed by atoms with Crippen LogP contribution in [0.15, 0.2) is 54.6 Å². The second-order valence-corrected chi connectivity index (χ2v) is 5.98. The molecule has 3 heteroatoms. The fraction of sp³-hybridized carbons (Fsp3) is 0.100. The van der Waals surface area contributed by atoms with Crippen LogP contribution in [0.25, 0.3) is 27.5 Å². The highest BCUT2D eigenvalue weighted by Crippen LogP contribution is 2.33. The maximum absolute atomic E-state index is 13.7. The van der Waals surface area contributed by atoms with E-state index in [9.17, 15) is 8.78 Å². The van der Waals surface area contributed by atoms with Crippen molar-refractivity contribution >= 4 is 21.8 Å². The number of nitrogens with zero attached hydrogens (tertiary/aromatic N) is 1. The van der Waals surface area contributed by atoms with Crippen LogP contribution in [0.2, 0.25) is 0 Å². The number of rotatable bonds is 1. The number of fused-ring (bicyclic) bond motifs is 3. The summed E-state index contributed by atoms with van der Waals surface area (Å²) in [6, 6.07) is 16.4. The van der Waals surface area contributed by atoms with Crippen molar-refractivity contribution in [2.24, 2.45) is 0 Å². The van der Waals surface area contributed by atoms with Gasteiger partial charge in [0, 0.05) is 22.5 Å². The van der Waals surface area contributed by atoms with Crippen LogP contribution in [-0.2, 0) is 0 Å². The molecule has 3 aromatic carbocycles. The first kappa shape index (κ1) is 13.9. The molecule has 1 aromatic heterocycles. The van der Waals surface area contributed by atoms with Crippen LogP contribution >= 0.6 is 0 Å². The first-order valence-electron chi connectivity index (χ1n) is 7.51. The lowest BCUT2D eigenvalue weighted by Gasteiger charge is -2.08. The molecule has 0 saturated carbocycles. The third-order valence-corrected chi connectivity index (χ3v) is 4.24. The molecule has 4 rings (SSSR count). The minimum Gasteiger partial charge on any atom is -0.309 e. The van der Waals surface area contributed by atoms with Crippen molar-refractivity contribution in [2.75, 3.05) is 0 Å². The highest BCUT2D eigenvalue weighted by atomic mass is 19.2. The Balaban J connectivity index is 2.17. The second-order valence-electron chi connectivity index (χ2n) is 5.98. The smallest absolute Gasteiger partial charge is 0.160 e. The van der Waals surface area contributed by atoms with Crippen molar-refractivity contribution in [2.45, 2.75) is 13.8 Å². The van der Waals surface area contributed by atoms with Crippen molar-refractivity contribution in [3.8, 4) is 5.69 Å². The molecule has 0 saturated heterocycles. The van der Waals surface area contributed by atoms with Gasteiger partial charge in [0.15, 0.2) is 11.6 Å². The average Bonchev–Trinajstić information content (AvgIpc) is 2.83. The summed E-state index contributed by atoms with van der Waals surface area (Å²) in [5, 5.41) is 2.24. The third-order valence-electron chi connectivity index (χ3n) is 4.24. The molecule has 23 heavy (non-hydrogen) atoms. The zero-order valence-corrected chi connectivity index (χ0v) is 12.9. The van der Waals surface area contributed by atoms with Crippen molar-refractivity contribution in [1.29, 1.82) is 0 Å². The van der Waals surface area contributed by atoms with Gasteiger partial charge in [-0.15, -0.1) is 0 Å². The summed E-state index contributed by atoms with van der Waals surface area (Å²) in [6.07, 6.45) is 0. The van der Waals surface area contributed by atoms with Gasteiger partial charge >= 0.3 is 0 Å². The lowest BCUT2D eigenvalue weighted by molar-refractivity contribution is 0.508. The van der Waals surface area contributed by atoms with Crippen molar-refractivity contribution in [3.05, 3.63) is 77.4 Å². The van der Waals surface area contributed by atoms with Gasteiger partial charge in [0.1, 0.15) is 0 Å². The first-order chi connectivity index (χ1) is 11.0. The number of benzene rings is 3. The summed E-state index contributed by atoms with van der Waals surface area (Å²) in [7, 11) is 0. The van der Waals surface area contributed by atoms with Crippen LogP contribution in [0.5, 0.6) is 0 Å². The Labute approximate surface area is 132 Å². The van der Waals surface area contributed by atoms with E-state index in [1.54, 1.807) is 6.07 Å². The molecule has 0 unspecified atom stereocenters. The molecule has 0 amide bonds. The fourth-order valence-corrected chi connectivity index (χ4v) is 3.15. The highest BCUT2D eigenvalue weighted by molar-refractivity contribution is 6.09. The Morgan fingerprint density at radius 1 is 0.652 bits per heavy atom. The summed E-state index contributed by atoms with van der Waals surface area (Å²) in [6.45, 7) is 4.10. The van der Waals surface area contributed by atoms with E-state index in [0.717, 1.165) is 21.8 Å². The van der Waals surface area contributed by atoms with Crippen molar-refractivity contribution in [3.63, 3.8) is 0 Å². The van der Waals surface area contributed by atoms with Crippen LogP contribution in [0.4, 0.5) is 8.78 Å². The zero-order valence-electron chi connectivity index (χ0n) is 12.9. The molecule has 0 fully saturated rings. The predicted octanol–water partition coefficient (Wildman–Crippen LogP) is 5.68. The van der Waals surface area contributed by atoms with Gasteiger partial charge in [0.2, 0.25) is 0 Å². The molecular weight excluding hydrogens is 292 g/mol. The SMILES string of the molecule is Cc1ccc2c(c1)c1cc(C)ccc1n2-c1ccc(F)c(F)c1. The molecule has 0 bridgehead atoms. The summed E-state index contributed by atoms with van der Waals surface area (Å²) in [5.74, 6) is -1.67. The van der Waals surface area contributed by atoms with Gasteiger partial charge in [-0.1, -0.05) is 23.3 Å². The Kier molecular flexibility index (Phi) is 2.98. The molecule has 4 aromatic rings. The van der Waals surface area contributed by atoms with E-state index in [1.807, 2.05) is 28.8 Å². The van der Waals surface area contributed by atoms with Gasteiger partial charge in [-0.2, -0.15) is 0 Å². The summed E-state index contributed by atoms with van der Waals surface area (Å²) >= 11 is 0. The maximum atomic E-state index is 13.7. The Morgan fingerprint density at radius 2 is 1.22 bits per heavy atom. The molecule has 1 heterocycles. The summed E-state index contributed by atoms with van der Waals surface area (Å²) in [5.41, 5.74) is 4.94. The van der Waals surface area contributed by atoms with Gasteiger partial charge < -0.3 is 4.57 Å². The van der Waals surface area contributed by atoms with E-state index in [2.05, 4.69) is 26.0 Å². The molecule has 1 nitrogen and oxygen atoms in total. The third kappa shape index (κ3) is 2.12. The minimum atomic E-state index is -0.836. The number of hydrogen-bond acceptors (Lipinski definition) is 0. The predicted molar refractivity (Wildman–Crippen MR) is 90.2 cm³/mol. The molecule has 0 N–H and O–H groups in total. The van der Waals surface area contributed by atoms with E-state index >= 15 is 0 Å². The van der Waals surface area contributed by atoms with Gasteiger partial charge in [0.05, 0.1) is 11.0 Å². The number of halogens is 2. The largest absolute Gasteiger partial charge is 0.309 e. The van der Waals surface area contributed by atoms with E-state index in [1.165, 1.54) is 23.3 Å². The monoisotopic (exact) mass is 307 g/mol. The van der Waals surface area contributed by atoms with Gasteiger partial charge in [-0.05, 0) is 50.2 Å². The van der Waals surface area contributed by atoms with E-state index < -0.39 is 11.6 Å². The summed E-state index contributed by atoms with van der Waals surface area (Å²) in [4.78, 5) is 0. The Morgan fingerprint density at radius 3 is 1.74 bits per heavy atom. The van der Waals surface area contributed by atoms with Gasteiger partial charge in [0.25, 0.3) is 0 Å². The van der Waals surface area contributed by atoms with E-state index in [0.29, 0.717) is 5.69 Å². The fourth-order valence-electron chi connectivity index (χ4n) is 3.15. The van der Waals surface area contributed by atoms with Crippen LogP contribution < -0.4 is 0 Å². The quantitative estimate of drug-likeness (QED) is 0.426. The van der Waals surface area contributed by atoms with Crippen LogP contribution in [0.1, 0.15) is 11.1 Å². The highest BCUT2D eigenvalue weighted by Gasteiger charge is 2.13. The first-order valence-corrected chi connectivity index (χ1v) is 7.51.